The molecule has 0 saturated heterocycles. The van der Waals surface area contributed by atoms with E-state index in [4.69, 9.17) is 10.5 Å². The fourth-order valence-corrected chi connectivity index (χ4v) is 3.05. The number of nitrogens with zero attached hydrogens (tertiary/aromatic N) is 1. The number of hydrogen-bond acceptors (Lipinski definition) is 2. The molecule has 0 aliphatic rings. The summed E-state index contributed by atoms with van der Waals surface area (Å²) < 4.78 is 21.6. The Balaban J connectivity index is 2.08. The molecule has 4 aromatic rings. The fourth-order valence-electron chi connectivity index (χ4n) is 3.05. The van der Waals surface area contributed by atoms with Crippen LogP contribution in [0, 0.1) is 5.82 Å². The van der Waals surface area contributed by atoms with Crippen molar-refractivity contribution in [3.8, 4) is 11.4 Å². The second-order valence-electron chi connectivity index (χ2n) is 5.45. The first-order chi connectivity index (χ1) is 11.2. The van der Waals surface area contributed by atoms with Gasteiger partial charge in [-0.25, -0.2) is 4.39 Å². The van der Waals surface area contributed by atoms with Crippen LogP contribution in [-0.2, 0) is 0 Å². The van der Waals surface area contributed by atoms with Gasteiger partial charge >= 0.3 is 0 Å². The second kappa shape index (κ2) is 5.02. The topological polar surface area (TPSA) is 40.2 Å². The van der Waals surface area contributed by atoms with Crippen LogP contribution in [0.25, 0.3) is 27.4 Å². The van der Waals surface area contributed by atoms with Crippen molar-refractivity contribution in [3.63, 3.8) is 0 Å². The molecule has 0 fully saturated rings. The van der Waals surface area contributed by atoms with Crippen LogP contribution in [0.2, 0.25) is 0 Å². The molecule has 4 heteroatoms. The summed E-state index contributed by atoms with van der Waals surface area (Å²) in [5.41, 5.74) is 7.41. The number of fused-ring (bicyclic) bond motifs is 3. The molecule has 0 atom stereocenters. The van der Waals surface area contributed by atoms with Crippen molar-refractivity contribution in [3.05, 3.63) is 66.6 Å². The van der Waals surface area contributed by atoms with Crippen LogP contribution >= 0.6 is 0 Å². The quantitative estimate of drug-likeness (QED) is 0.553. The zero-order chi connectivity index (χ0) is 16.0. The fraction of sp³-hybridized carbons (Fsp3) is 0.0526. The average molecular weight is 306 g/mol. The molecule has 0 amide bonds. The van der Waals surface area contributed by atoms with E-state index >= 15 is 0 Å². The third-order valence-electron chi connectivity index (χ3n) is 4.13. The first kappa shape index (κ1) is 13.6. The van der Waals surface area contributed by atoms with Crippen molar-refractivity contribution in [2.45, 2.75) is 0 Å². The minimum absolute atomic E-state index is 0.352. The van der Waals surface area contributed by atoms with Gasteiger partial charge in [0.1, 0.15) is 11.6 Å². The number of nitrogen functional groups attached to an aromatic ring is 1. The molecule has 2 N–H and O–H groups in total. The molecule has 0 bridgehead atoms. The lowest BCUT2D eigenvalue weighted by Gasteiger charge is -2.11. The summed E-state index contributed by atoms with van der Waals surface area (Å²) in [5.74, 6) is 0.415. The summed E-state index contributed by atoms with van der Waals surface area (Å²) in [6.07, 6.45) is 1.87. The van der Waals surface area contributed by atoms with E-state index in [2.05, 4.69) is 0 Å². The van der Waals surface area contributed by atoms with Gasteiger partial charge in [0.2, 0.25) is 0 Å². The molecule has 114 valence electrons. The van der Waals surface area contributed by atoms with Gasteiger partial charge in [-0.1, -0.05) is 24.3 Å². The van der Waals surface area contributed by atoms with Gasteiger partial charge in [-0.05, 0) is 29.7 Å². The van der Waals surface area contributed by atoms with Crippen LogP contribution in [0.5, 0.6) is 5.75 Å². The van der Waals surface area contributed by atoms with E-state index in [0.29, 0.717) is 11.4 Å². The van der Waals surface area contributed by atoms with E-state index in [1.54, 1.807) is 19.2 Å². The van der Waals surface area contributed by atoms with Gasteiger partial charge in [0, 0.05) is 28.7 Å². The van der Waals surface area contributed by atoms with Gasteiger partial charge in [-0.3, -0.25) is 0 Å². The first-order valence-electron chi connectivity index (χ1n) is 7.31. The van der Waals surface area contributed by atoms with Gasteiger partial charge < -0.3 is 15.0 Å². The van der Waals surface area contributed by atoms with Gasteiger partial charge in [0.25, 0.3) is 0 Å². The van der Waals surface area contributed by atoms with E-state index in [0.717, 1.165) is 27.4 Å². The summed E-state index contributed by atoms with van der Waals surface area (Å²) in [7, 11) is 1.64. The molecule has 0 aliphatic carbocycles. The second-order valence-corrected chi connectivity index (χ2v) is 5.45. The lowest BCUT2D eigenvalue weighted by atomic mass is 10.1. The lowest BCUT2D eigenvalue weighted by molar-refractivity contribution is 0.420. The highest BCUT2D eigenvalue weighted by Crippen LogP contribution is 2.35. The Bertz CT molecular complexity index is 1040. The Morgan fingerprint density at radius 1 is 0.957 bits per heavy atom. The summed E-state index contributed by atoms with van der Waals surface area (Å²) in [6.45, 7) is 0. The average Bonchev–Trinajstić information content (AvgIpc) is 2.98. The molecule has 4 rings (SSSR count). The largest absolute Gasteiger partial charge is 0.496 e. The van der Waals surface area contributed by atoms with E-state index in [9.17, 15) is 4.39 Å². The molecule has 0 radical (unpaired) electrons. The Kier molecular flexibility index (Phi) is 2.98. The van der Waals surface area contributed by atoms with Crippen LogP contribution in [0.4, 0.5) is 10.1 Å². The number of hydrogen-bond donors (Lipinski definition) is 1. The first-order valence-corrected chi connectivity index (χ1v) is 7.31. The Morgan fingerprint density at radius 2 is 1.74 bits per heavy atom. The highest BCUT2D eigenvalue weighted by atomic mass is 19.1. The number of halogens is 1. The zero-order valence-electron chi connectivity index (χ0n) is 12.6. The van der Waals surface area contributed by atoms with Crippen LogP contribution in [0.15, 0.2) is 60.8 Å². The van der Waals surface area contributed by atoms with Gasteiger partial charge in [0.05, 0.1) is 18.3 Å². The highest BCUT2D eigenvalue weighted by molar-refractivity contribution is 6.10. The molecular weight excluding hydrogens is 291 g/mol. The summed E-state index contributed by atoms with van der Waals surface area (Å²) in [5, 5.41) is 3.17. The molecule has 0 spiro atoms. The molecule has 1 aromatic heterocycles. The third kappa shape index (κ3) is 2.03. The third-order valence-corrected chi connectivity index (χ3v) is 4.13. The van der Waals surface area contributed by atoms with Crippen molar-refractivity contribution in [2.75, 3.05) is 12.8 Å². The van der Waals surface area contributed by atoms with E-state index in [-0.39, 0.29) is 5.82 Å². The number of benzene rings is 3. The van der Waals surface area contributed by atoms with Crippen molar-refractivity contribution >= 4 is 27.4 Å². The van der Waals surface area contributed by atoms with Gasteiger partial charge in [-0.15, -0.1) is 0 Å². The van der Waals surface area contributed by atoms with Crippen LogP contribution in [0.3, 0.4) is 0 Å². The molecule has 3 nitrogen and oxygen atoms in total. The molecule has 1 heterocycles. The van der Waals surface area contributed by atoms with E-state index in [1.807, 2.05) is 47.2 Å². The summed E-state index contributed by atoms with van der Waals surface area (Å²) >= 11 is 0. The standard InChI is InChI=1S/C19H15FN2O/c1-23-19-11-18-14(13-4-2-3-5-15(13)19)8-9-22(18)17-7-6-12(21)10-16(17)20/h2-11H,21H2,1H3. The van der Waals surface area contributed by atoms with Crippen molar-refractivity contribution < 1.29 is 9.13 Å². The maximum Gasteiger partial charge on any atom is 0.149 e. The number of nitrogens with two attached hydrogens (primary N) is 1. The van der Waals surface area contributed by atoms with Crippen molar-refractivity contribution in [1.29, 1.82) is 0 Å². The molecule has 3 aromatic carbocycles. The normalized spacial score (nSPS) is 11.2. The maximum absolute atomic E-state index is 14.3. The summed E-state index contributed by atoms with van der Waals surface area (Å²) in [4.78, 5) is 0. The van der Waals surface area contributed by atoms with Crippen LogP contribution in [-0.4, -0.2) is 11.7 Å². The number of aromatic nitrogens is 1. The number of methoxy groups -OCH3 is 1. The molecule has 0 aliphatic heterocycles. The minimum Gasteiger partial charge on any atom is -0.496 e. The Hall–Kier alpha value is -3.01. The van der Waals surface area contributed by atoms with Crippen LogP contribution < -0.4 is 10.5 Å². The molecular formula is C19H15FN2O. The smallest absolute Gasteiger partial charge is 0.149 e. The van der Waals surface area contributed by atoms with Crippen molar-refractivity contribution in [2.24, 2.45) is 0 Å². The highest BCUT2D eigenvalue weighted by Gasteiger charge is 2.13. The SMILES string of the molecule is COc1cc2c(ccn2-c2ccc(N)cc2F)c2ccccc12. The van der Waals surface area contributed by atoms with Crippen LogP contribution in [0.1, 0.15) is 0 Å². The summed E-state index contributed by atoms with van der Waals surface area (Å²) in [6, 6.07) is 16.7. The minimum atomic E-state index is -0.352. The lowest BCUT2D eigenvalue weighted by Crippen LogP contribution is -1.98. The molecule has 0 unspecified atom stereocenters. The number of ether oxygens (including phenoxy) is 1. The van der Waals surface area contributed by atoms with Gasteiger partial charge in [0.15, 0.2) is 0 Å². The van der Waals surface area contributed by atoms with Crippen molar-refractivity contribution in [1.82, 2.24) is 4.57 Å². The Morgan fingerprint density at radius 3 is 2.48 bits per heavy atom. The predicted octanol–water partition coefficient (Wildman–Crippen LogP) is 4.51. The van der Waals surface area contributed by atoms with E-state index in [1.165, 1.54) is 6.07 Å². The van der Waals surface area contributed by atoms with E-state index < -0.39 is 0 Å². The number of rotatable bonds is 2. The monoisotopic (exact) mass is 306 g/mol. The number of anilines is 1. The van der Waals surface area contributed by atoms with Gasteiger partial charge in [-0.2, -0.15) is 0 Å². The zero-order valence-corrected chi connectivity index (χ0v) is 12.6. The Labute approximate surface area is 132 Å². The molecule has 0 saturated carbocycles. The predicted molar refractivity (Wildman–Crippen MR) is 91.7 cm³/mol. The molecule has 23 heavy (non-hydrogen) atoms. The maximum atomic E-state index is 14.3.